The highest BCUT2D eigenvalue weighted by molar-refractivity contribution is 9.10. The molecule has 0 bridgehead atoms. The van der Waals surface area contributed by atoms with Crippen molar-refractivity contribution in [1.82, 2.24) is 4.98 Å². The highest BCUT2D eigenvalue weighted by Gasteiger charge is 2.11. The molecule has 2 aromatic rings. The second-order valence-electron chi connectivity index (χ2n) is 3.99. The first-order valence-electron chi connectivity index (χ1n) is 5.69. The number of halogens is 1. The molecule has 1 aromatic carbocycles. The molecule has 0 amide bonds. The van der Waals surface area contributed by atoms with Crippen LogP contribution in [0.2, 0.25) is 0 Å². The molecule has 0 fully saturated rings. The summed E-state index contributed by atoms with van der Waals surface area (Å²) in [5.41, 5.74) is 4.34. The maximum Gasteiger partial charge on any atom is 0.0729 e. The maximum absolute atomic E-state index is 4.40. The van der Waals surface area contributed by atoms with E-state index in [2.05, 4.69) is 44.1 Å². The van der Waals surface area contributed by atoms with Crippen LogP contribution in [-0.2, 0) is 0 Å². The summed E-state index contributed by atoms with van der Waals surface area (Å²) in [6, 6.07) is 12.3. The Hall–Kier alpha value is -1.87. The molecule has 0 aliphatic carbocycles. The zero-order chi connectivity index (χ0) is 12.4. The number of nitrogens with zero attached hydrogens (tertiary/aromatic N) is 1. The highest BCUT2D eigenvalue weighted by atomic mass is 79.9. The fourth-order valence-corrected chi connectivity index (χ4v) is 2.26. The van der Waals surface area contributed by atoms with Gasteiger partial charge >= 0.3 is 0 Å². The number of hydrogen-bond donors (Lipinski definition) is 1. The standard InChI is InChI=1S/C15H11BrN2/c16-12-7-5-11(6-8-12)15(13-3-1-9-17-13)14-4-2-10-18-14/h1-10,17H/b15-14+. The molecule has 3 heteroatoms. The van der Waals surface area contributed by atoms with Gasteiger partial charge < -0.3 is 4.98 Å². The number of H-pyrrole nitrogens is 1. The van der Waals surface area contributed by atoms with Crippen LogP contribution in [0.1, 0.15) is 11.3 Å². The van der Waals surface area contributed by atoms with Crippen LogP contribution in [0.3, 0.4) is 0 Å². The van der Waals surface area contributed by atoms with Crippen molar-refractivity contribution in [2.75, 3.05) is 0 Å². The molecule has 1 aliphatic rings. The van der Waals surface area contributed by atoms with Crippen molar-refractivity contribution in [2.24, 2.45) is 4.99 Å². The third kappa shape index (κ3) is 2.09. The van der Waals surface area contributed by atoms with Gasteiger partial charge in [-0.15, -0.1) is 0 Å². The molecule has 1 N–H and O–H groups in total. The van der Waals surface area contributed by atoms with E-state index < -0.39 is 0 Å². The molecule has 0 atom stereocenters. The molecule has 2 heterocycles. The first-order chi connectivity index (χ1) is 8.84. The van der Waals surface area contributed by atoms with Crippen molar-refractivity contribution in [3.63, 3.8) is 0 Å². The average Bonchev–Trinajstić information content (AvgIpc) is 3.06. The minimum absolute atomic E-state index is 0.986. The van der Waals surface area contributed by atoms with Crippen LogP contribution < -0.4 is 0 Å². The first kappa shape index (κ1) is 11.2. The van der Waals surface area contributed by atoms with Crippen molar-refractivity contribution in [2.45, 2.75) is 0 Å². The summed E-state index contributed by atoms with van der Waals surface area (Å²) >= 11 is 3.46. The van der Waals surface area contributed by atoms with Gasteiger partial charge in [-0.1, -0.05) is 28.1 Å². The third-order valence-electron chi connectivity index (χ3n) is 2.81. The number of aliphatic imine (C=N–C) groups is 1. The second-order valence-corrected chi connectivity index (χ2v) is 4.90. The van der Waals surface area contributed by atoms with E-state index in [4.69, 9.17) is 0 Å². The molecular weight excluding hydrogens is 288 g/mol. The summed E-state index contributed by atoms with van der Waals surface area (Å²) in [4.78, 5) is 7.65. The summed E-state index contributed by atoms with van der Waals surface area (Å²) in [6.45, 7) is 0. The van der Waals surface area contributed by atoms with Crippen LogP contribution in [-0.4, -0.2) is 11.2 Å². The smallest absolute Gasteiger partial charge is 0.0729 e. The molecule has 0 saturated heterocycles. The predicted molar refractivity (Wildman–Crippen MR) is 78.6 cm³/mol. The van der Waals surface area contributed by atoms with Gasteiger partial charge in [0.25, 0.3) is 0 Å². The molecule has 88 valence electrons. The van der Waals surface area contributed by atoms with Gasteiger partial charge in [0.1, 0.15) is 0 Å². The van der Waals surface area contributed by atoms with E-state index in [1.54, 1.807) is 0 Å². The SMILES string of the molecule is Brc1ccc(/C(=C2/C=CC=N2)c2ccc[nH]2)cc1. The quantitative estimate of drug-likeness (QED) is 0.862. The Kier molecular flexibility index (Phi) is 2.99. The lowest BCUT2D eigenvalue weighted by molar-refractivity contribution is 1.32. The van der Waals surface area contributed by atoms with E-state index in [-0.39, 0.29) is 0 Å². The van der Waals surface area contributed by atoms with Gasteiger partial charge in [0.2, 0.25) is 0 Å². The van der Waals surface area contributed by atoms with Crippen molar-refractivity contribution in [3.8, 4) is 0 Å². The number of allylic oxidation sites excluding steroid dienone is 2. The van der Waals surface area contributed by atoms with Gasteiger partial charge in [0.05, 0.1) is 5.70 Å². The number of rotatable bonds is 2. The minimum atomic E-state index is 0.986. The molecule has 1 aromatic heterocycles. The van der Waals surface area contributed by atoms with Crippen LogP contribution in [0.25, 0.3) is 5.57 Å². The Bertz CT molecular complexity index is 618. The number of nitrogens with one attached hydrogen (secondary N) is 1. The number of hydrogen-bond acceptors (Lipinski definition) is 1. The number of aromatic amines is 1. The lowest BCUT2D eigenvalue weighted by atomic mass is 10.0. The summed E-state index contributed by atoms with van der Waals surface area (Å²) in [5, 5.41) is 0. The molecule has 3 rings (SSSR count). The summed E-state index contributed by atoms with van der Waals surface area (Å²) in [7, 11) is 0. The molecule has 0 spiro atoms. The zero-order valence-electron chi connectivity index (χ0n) is 9.60. The van der Waals surface area contributed by atoms with Crippen LogP contribution in [0.5, 0.6) is 0 Å². The topological polar surface area (TPSA) is 28.1 Å². The van der Waals surface area contributed by atoms with E-state index in [0.717, 1.165) is 27.0 Å². The van der Waals surface area contributed by atoms with Gasteiger partial charge in [-0.2, -0.15) is 0 Å². The van der Waals surface area contributed by atoms with Crippen LogP contribution in [0.4, 0.5) is 0 Å². The van der Waals surface area contributed by atoms with Crippen LogP contribution >= 0.6 is 15.9 Å². The van der Waals surface area contributed by atoms with Crippen molar-refractivity contribution in [1.29, 1.82) is 0 Å². The summed E-state index contributed by atoms with van der Waals surface area (Å²) in [6.07, 6.45) is 7.73. The van der Waals surface area contributed by atoms with E-state index >= 15 is 0 Å². The third-order valence-corrected chi connectivity index (χ3v) is 3.34. The monoisotopic (exact) mass is 298 g/mol. The Balaban J connectivity index is 2.18. The van der Waals surface area contributed by atoms with E-state index in [1.165, 1.54) is 0 Å². The van der Waals surface area contributed by atoms with Crippen molar-refractivity contribution >= 4 is 27.7 Å². The second kappa shape index (κ2) is 4.78. The van der Waals surface area contributed by atoms with Gasteiger partial charge in [-0.3, -0.25) is 4.99 Å². The highest BCUT2D eigenvalue weighted by Crippen LogP contribution is 2.29. The largest absolute Gasteiger partial charge is 0.361 e. The molecular formula is C15H11BrN2. The minimum Gasteiger partial charge on any atom is -0.361 e. The van der Waals surface area contributed by atoms with Crippen LogP contribution in [0, 0.1) is 0 Å². The lowest BCUT2D eigenvalue weighted by Gasteiger charge is -2.08. The summed E-state index contributed by atoms with van der Waals surface area (Å²) < 4.78 is 1.08. The van der Waals surface area contributed by atoms with E-state index in [1.807, 2.05) is 42.8 Å². The maximum atomic E-state index is 4.40. The van der Waals surface area contributed by atoms with Crippen molar-refractivity contribution < 1.29 is 0 Å². The fraction of sp³-hybridized carbons (Fsp3) is 0. The lowest BCUT2D eigenvalue weighted by Crippen LogP contribution is -1.91. The zero-order valence-corrected chi connectivity index (χ0v) is 11.2. The molecule has 0 radical (unpaired) electrons. The Morgan fingerprint density at radius 3 is 2.56 bits per heavy atom. The number of benzene rings is 1. The van der Waals surface area contributed by atoms with Crippen molar-refractivity contribution in [3.05, 3.63) is 76.2 Å². The van der Waals surface area contributed by atoms with Crippen LogP contribution in [0.15, 0.2) is 69.9 Å². The van der Waals surface area contributed by atoms with Gasteiger partial charge in [0, 0.05) is 28.2 Å². The van der Waals surface area contributed by atoms with Gasteiger partial charge in [0.15, 0.2) is 0 Å². The predicted octanol–water partition coefficient (Wildman–Crippen LogP) is 4.18. The fourth-order valence-electron chi connectivity index (χ4n) is 1.99. The number of aromatic nitrogens is 1. The molecule has 0 saturated carbocycles. The molecule has 1 aliphatic heterocycles. The Morgan fingerprint density at radius 2 is 1.94 bits per heavy atom. The average molecular weight is 299 g/mol. The normalized spacial score (nSPS) is 16.3. The van der Waals surface area contributed by atoms with Gasteiger partial charge in [-0.05, 0) is 42.0 Å². The van der Waals surface area contributed by atoms with Gasteiger partial charge in [-0.25, -0.2) is 0 Å². The Labute approximate surface area is 114 Å². The molecule has 18 heavy (non-hydrogen) atoms. The van der Waals surface area contributed by atoms with E-state index in [0.29, 0.717) is 0 Å². The molecule has 0 unspecified atom stereocenters. The summed E-state index contributed by atoms with van der Waals surface area (Å²) in [5.74, 6) is 0. The first-order valence-corrected chi connectivity index (χ1v) is 6.48. The Morgan fingerprint density at radius 1 is 1.11 bits per heavy atom. The van der Waals surface area contributed by atoms with E-state index in [9.17, 15) is 0 Å². The molecule has 2 nitrogen and oxygen atoms in total.